The predicted molar refractivity (Wildman–Crippen MR) is 87.6 cm³/mol. The van der Waals surface area contributed by atoms with Gasteiger partial charge in [-0.2, -0.15) is 5.26 Å². The van der Waals surface area contributed by atoms with Gasteiger partial charge in [-0.15, -0.1) is 0 Å². The Balaban J connectivity index is 1.96. The van der Waals surface area contributed by atoms with Crippen molar-refractivity contribution in [3.8, 4) is 6.07 Å². The molecule has 1 aromatic rings. The topological polar surface area (TPSA) is 108 Å². The van der Waals surface area contributed by atoms with Crippen LogP contribution in [0.5, 0.6) is 0 Å². The van der Waals surface area contributed by atoms with Gasteiger partial charge in [0.25, 0.3) is 5.69 Å². The Morgan fingerprint density at radius 1 is 1.46 bits per heavy atom. The maximum atomic E-state index is 11.9. The van der Waals surface area contributed by atoms with Crippen molar-refractivity contribution in [2.45, 2.75) is 38.8 Å². The van der Waals surface area contributed by atoms with Gasteiger partial charge in [-0.1, -0.05) is 0 Å². The van der Waals surface area contributed by atoms with Crippen LogP contribution in [0.25, 0.3) is 0 Å². The standard InChI is InChI=1S/C16H20N4O4/c1-11(2)24-16(21)19-7-5-13(6-8-19)18-15-4-3-14(20(22)23)9-12(15)10-17/h3-4,9,11,13,18H,5-8H2,1-2H3. The molecule has 0 saturated carbocycles. The molecule has 0 unspecified atom stereocenters. The number of carbonyl (C=O) groups excluding carboxylic acids is 1. The van der Waals surface area contributed by atoms with Crippen LogP contribution in [0.2, 0.25) is 0 Å². The monoisotopic (exact) mass is 332 g/mol. The van der Waals surface area contributed by atoms with E-state index in [1.807, 2.05) is 19.9 Å². The molecule has 0 atom stereocenters. The molecule has 8 heteroatoms. The van der Waals surface area contributed by atoms with Crippen molar-refractivity contribution >= 4 is 17.5 Å². The van der Waals surface area contributed by atoms with Gasteiger partial charge < -0.3 is 15.0 Å². The van der Waals surface area contributed by atoms with E-state index in [-0.39, 0.29) is 29.5 Å². The molecule has 1 fully saturated rings. The van der Waals surface area contributed by atoms with Crippen molar-refractivity contribution in [1.82, 2.24) is 4.90 Å². The van der Waals surface area contributed by atoms with Crippen molar-refractivity contribution in [3.63, 3.8) is 0 Å². The van der Waals surface area contributed by atoms with Crippen molar-refractivity contribution in [1.29, 1.82) is 5.26 Å². The molecule has 24 heavy (non-hydrogen) atoms. The summed E-state index contributed by atoms with van der Waals surface area (Å²) in [5, 5.41) is 23.2. The fourth-order valence-corrected chi connectivity index (χ4v) is 2.57. The summed E-state index contributed by atoms with van der Waals surface area (Å²) in [6, 6.07) is 6.26. The number of amides is 1. The maximum Gasteiger partial charge on any atom is 0.410 e. The van der Waals surface area contributed by atoms with Crippen molar-refractivity contribution in [2.75, 3.05) is 18.4 Å². The number of nitriles is 1. The second kappa shape index (κ2) is 7.64. The Kier molecular flexibility index (Phi) is 5.58. The molecule has 1 aliphatic rings. The number of benzene rings is 1. The average Bonchev–Trinajstić information content (AvgIpc) is 2.55. The van der Waals surface area contributed by atoms with Gasteiger partial charge in [-0.05, 0) is 32.8 Å². The molecule has 0 aliphatic carbocycles. The average molecular weight is 332 g/mol. The quantitative estimate of drug-likeness (QED) is 0.671. The summed E-state index contributed by atoms with van der Waals surface area (Å²) in [6.45, 7) is 4.75. The summed E-state index contributed by atoms with van der Waals surface area (Å²) in [4.78, 5) is 23.8. The minimum absolute atomic E-state index is 0.0988. The molecule has 0 bridgehead atoms. The highest BCUT2D eigenvalue weighted by Crippen LogP contribution is 2.24. The number of rotatable bonds is 4. The zero-order valence-corrected chi connectivity index (χ0v) is 13.7. The molecule has 1 saturated heterocycles. The smallest absolute Gasteiger partial charge is 0.410 e. The maximum absolute atomic E-state index is 11.9. The van der Waals surface area contributed by atoms with Gasteiger partial charge in [0, 0.05) is 31.3 Å². The van der Waals surface area contributed by atoms with Gasteiger partial charge in [-0.25, -0.2) is 4.79 Å². The highest BCUT2D eigenvalue weighted by molar-refractivity contribution is 5.68. The first-order valence-electron chi connectivity index (χ1n) is 7.81. The highest BCUT2D eigenvalue weighted by atomic mass is 16.6. The Labute approximate surface area is 140 Å². The molecule has 1 aromatic carbocycles. The summed E-state index contributed by atoms with van der Waals surface area (Å²) >= 11 is 0. The molecule has 128 valence electrons. The number of anilines is 1. The number of piperidine rings is 1. The van der Waals surface area contributed by atoms with Crippen LogP contribution >= 0.6 is 0 Å². The number of ether oxygens (including phenoxy) is 1. The van der Waals surface area contributed by atoms with Crippen LogP contribution in [0.4, 0.5) is 16.2 Å². The minimum Gasteiger partial charge on any atom is -0.447 e. The van der Waals surface area contributed by atoms with Gasteiger partial charge in [0.1, 0.15) is 6.07 Å². The molecule has 1 aliphatic heterocycles. The first-order valence-corrected chi connectivity index (χ1v) is 7.81. The number of non-ortho nitro benzene ring substituents is 1. The number of nitro groups is 1. The van der Waals surface area contributed by atoms with E-state index in [1.165, 1.54) is 12.1 Å². The third kappa shape index (κ3) is 4.35. The lowest BCUT2D eigenvalue weighted by molar-refractivity contribution is -0.384. The molecule has 2 rings (SSSR count). The number of hydrogen-bond acceptors (Lipinski definition) is 6. The number of likely N-dealkylation sites (tertiary alicyclic amines) is 1. The summed E-state index contributed by atoms with van der Waals surface area (Å²) in [5.41, 5.74) is 0.709. The van der Waals surface area contributed by atoms with Gasteiger partial charge in [0.2, 0.25) is 0 Å². The Bertz CT molecular complexity index is 661. The van der Waals surface area contributed by atoms with Gasteiger partial charge in [0.15, 0.2) is 0 Å². The lowest BCUT2D eigenvalue weighted by Gasteiger charge is -2.32. The largest absolute Gasteiger partial charge is 0.447 e. The van der Waals surface area contributed by atoms with E-state index in [2.05, 4.69) is 5.32 Å². The van der Waals surface area contributed by atoms with E-state index in [0.717, 1.165) is 12.8 Å². The van der Waals surface area contributed by atoms with E-state index in [0.29, 0.717) is 18.8 Å². The molecule has 0 spiro atoms. The Hall–Kier alpha value is -2.82. The van der Waals surface area contributed by atoms with Crippen LogP contribution in [0, 0.1) is 21.4 Å². The van der Waals surface area contributed by atoms with Gasteiger partial charge >= 0.3 is 6.09 Å². The van der Waals surface area contributed by atoms with E-state index >= 15 is 0 Å². The lowest BCUT2D eigenvalue weighted by Crippen LogP contribution is -2.43. The highest BCUT2D eigenvalue weighted by Gasteiger charge is 2.25. The fraction of sp³-hybridized carbons (Fsp3) is 0.500. The van der Waals surface area contributed by atoms with Crippen LogP contribution in [-0.2, 0) is 4.74 Å². The van der Waals surface area contributed by atoms with Crippen LogP contribution in [0.15, 0.2) is 18.2 Å². The SMILES string of the molecule is CC(C)OC(=O)N1CCC(Nc2ccc([N+](=O)[O-])cc2C#N)CC1. The van der Waals surface area contributed by atoms with E-state index < -0.39 is 4.92 Å². The molecule has 8 nitrogen and oxygen atoms in total. The first-order chi connectivity index (χ1) is 11.4. The van der Waals surface area contributed by atoms with Crippen LogP contribution in [-0.4, -0.2) is 41.2 Å². The van der Waals surface area contributed by atoms with E-state index in [4.69, 9.17) is 4.74 Å². The third-order valence-electron chi connectivity index (χ3n) is 3.78. The lowest BCUT2D eigenvalue weighted by atomic mass is 10.0. The summed E-state index contributed by atoms with van der Waals surface area (Å²) in [7, 11) is 0. The molecule has 0 radical (unpaired) electrons. The predicted octanol–water partition coefficient (Wildman–Crippen LogP) is 2.89. The summed E-state index contributed by atoms with van der Waals surface area (Å²) < 4.78 is 5.17. The van der Waals surface area contributed by atoms with E-state index in [9.17, 15) is 20.2 Å². The van der Waals surface area contributed by atoms with Crippen molar-refractivity contribution in [3.05, 3.63) is 33.9 Å². The van der Waals surface area contributed by atoms with Gasteiger partial charge in [-0.3, -0.25) is 10.1 Å². The second-order valence-corrected chi connectivity index (χ2v) is 5.94. The molecule has 0 aromatic heterocycles. The fourth-order valence-electron chi connectivity index (χ4n) is 2.57. The van der Waals surface area contributed by atoms with Crippen molar-refractivity contribution in [2.24, 2.45) is 0 Å². The summed E-state index contributed by atoms with van der Waals surface area (Å²) in [6.07, 6.45) is 0.979. The van der Waals surface area contributed by atoms with Crippen LogP contribution in [0.1, 0.15) is 32.3 Å². The number of nitrogens with zero attached hydrogens (tertiary/aromatic N) is 3. The second-order valence-electron chi connectivity index (χ2n) is 5.94. The molecular weight excluding hydrogens is 312 g/mol. The Morgan fingerprint density at radius 2 is 2.12 bits per heavy atom. The van der Waals surface area contributed by atoms with Gasteiger partial charge in [0.05, 0.1) is 22.3 Å². The van der Waals surface area contributed by atoms with Crippen LogP contribution < -0.4 is 5.32 Å². The third-order valence-corrected chi connectivity index (χ3v) is 3.78. The van der Waals surface area contributed by atoms with Crippen LogP contribution in [0.3, 0.4) is 0 Å². The molecule has 1 N–H and O–H groups in total. The van der Waals surface area contributed by atoms with Crippen molar-refractivity contribution < 1.29 is 14.5 Å². The molecule has 1 heterocycles. The number of hydrogen-bond donors (Lipinski definition) is 1. The van der Waals surface area contributed by atoms with E-state index in [1.54, 1.807) is 11.0 Å². The minimum atomic E-state index is -0.524. The normalized spacial score (nSPS) is 15.0. The zero-order valence-electron chi connectivity index (χ0n) is 13.7. The number of nitro benzene ring substituents is 1. The number of carbonyl (C=O) groups is 1. The molecule has 1 amide bonds. The number of nitrogens with one attached hydrogen (secondary N) is 1. The molecular formula is C16H20N4O4. The zero-order chi connectivity index (χ0) is 17.7. The Morgan fingerprint density at radius 3 is 2.67 bits per heavy atom. The summed E-state index contributed by atoms with van der Waals surface area (Å²) in [5.74, 6) is 0. The first kappa shape index (κ1) is 17.5.